The Bertz CT molecular complexity index is 544. The smallest absolute Gasteiger partial charge is 0.422 e. The highest BCUT2D eigenvalue weighted by molar-refractivity contribution is 5.78. The van der Waals surface area contributed by atoms with Crippen LogP contribution < -0.4 is 14.8 Å². The van der Waals surface area contributed by atoms with Gasteiger partial charge < -0.3 is 19.7 Å². The van der Waals surface area contributed by atoms with Gasteiger partial charge in [-0.3, -0.25) is 4.79 Å². The second-order valence-electron chi connectivity index (χ2n) is 5.58. The number of nitrogens with zero attached hydrogens (tertiary/aromatic N) is 1. The van der Waals surface area contributed by atoms with E-state index in [0.29, 0.717) is 19.1 Å². The second kappa shape index (κ2) is 8.23. The molecular weight excluding hydrogens is 325 g/mol. The van der Waals surface area contributed by atoms with Crippen LogP contribution in [0.25, 0.3) is 0 Å². The van der Waals surface area contributed by atoms with E-state index in [2.05, 4.69) is 5.32 Å². The maximum atomic E-state index is 12.3. The molecule has 24 heavy (non-hydrogen) atoms. The highest BCUT2D eigenvalue weighted by atomic mass is 19.4. The Labute approximate surface area is 138 Å². The molecule has 0 saturated carbocycles. The molecular formula is C16H21F3N2O3. The molecule has 1 aliphatic heterocycles. The first-order valence-electron chi connectivity index (χ1n) is 7.75. The van der Waals surface area contributed by atoms with E-state index < -0.39 is 12.8 Å². The first kappa shape index (κ1) is 18.4. The van der Waals surface area contributed by atoms with Gasteiger partial charge in [-0.2, -0.15) is 13.2 Å². The molecule has 1 saturated heterocycles. The summed E-state index contributed by atoms with van der Waals surface area (Å²) in [5, 5.41) is 3.18. The quantitative estimate of drug-likeness (QED) is 0.858. The van der Waals surface area contributed by atoms with E-state index >= 15 is 0 Å². The van der Waals surface area contributed by atoms with Crippen LogP contribution in [0, 0.1) is 0 Å². The highest BCUT2D eigenvalue weighted by Crippen LogP contribution is 2.28. The molecule has 0 unspecified atom stereocenters. The van der Waals surface area contributed by atoms with Crippen molar-refractivity contribution < 1.29 is 27.4 Å². The van der Waals surface area contributed by atoms with Crippen molar-refractivity contribution in [3.63, 3.8) is 0 Å². The molecule has 8 heteroatoms. The first-order chi connectivity index (χ1) is 11.4. The third-order valence-corrected chi connectivity index (χ3v) is 3.85. The zero-order valence-electron chi connectivity index (χ0n) is 13.4. The number of halogens is 3. The number of carbonyl (C=O) groups is 1. The fourth-order valence-electron chi connectivity index (χ4n) is 2.50. The van der Waals surface area contributed by atoms with E-state index in [1.165, 1.54) is 12.1 Å². The number of likely N-dealkylation sites (tertiary alicyclic amines) is 1. The predicted octanol–water partition coefficient (Wildman–Crippen LogP) is 2.22. The van der Waals surface area contributed by atoms with Gasteiger partial charge in [-0.05, 0) is 32.0 Å². The molecule has 0 spiro atoms. The van der Waals surface area contributed by atoms with Gasteiger partial charge in [-0.25, -0.2) is 0 Å². The van der Waals surface area contributed by atoms with Crippen LogP contribution in [-0.4, -0.2) is 56.4 Å². The van der Waals surface area contributed by atoms with Crippen LogP contribution in [-0.2, 0) is 4.79 Å². The molecule has 0 aliphatic carbocycles. The number of piperidine rings is 1. The molecule has 0 radical (unpaired) electrons. The predicted molar refractivity (Wildman–Crippen MR) is 82.1 cm³/mol. The lowest BCUT2D eigenvalue weighted by Gasteiger charge is -2.31. The van der Waals surface area contributed by atoms with Crippen molar-refractivity contribution in [3.05, 3.63) is 24.3 Å². The van der Waals surface area contributed by atoms with Crippen LogP contribution in [0.4, 0.5) is 13.2 Å². The summed E-state index contributed by atoms with van der Waals surface area (Å²) in [7, 11) is 1.89. The number of carbonyl (C=O) groups excluding carboxylic acids is 1. The van der Waals surface area contributed by atoms with E-state index in [4.69, 9.17) is 9.47 Å². The zero-order valence-corrected chi connectivity index (χ0v) is 13.4. The Hall–Kier alpha value is -1.96. The Morgan fingerprint density at radius 3 is 2.33 bits per heavy atom. The van der Waals surface area contributed by atoms with Gasteiger partial charge in [0.05, 0.1) is 0 Å². The van der Waals surface area contributed by atoms with E-state index in [1.807, 2.05) is 7.05 Å². The lowest BCUT2D eigenvalue weighted by atomic mass is 10.1. The third kappa shape index (κ3) is 5.59. The van der Waals surface area contributed by atoms with Crippen LogP contribution in [0.1, 0.15) is 12.8 Å². The summed E-state index contributed by atoms with van der Waals surface area (Å²) in [5.74, 6) is -0.0908. The fourth-order valence-corrected chi connectivity index (χ4v) is 2.50. The summed E-state index contributed by atoms with van der Waals surface area (Å²) in [6.07, 6.45) is -2.69. The molecule has 1 N–H and O–H groups in total. The van der Waals surface area contributed by atoms with E-state index in [0.717, 1.165) is 12.8 Å². The van der Waals surface area contributed by atoms with Crippen molar-refractivity contribution in [2.45, 2.75) is 25.1 Å². The molecule has 1 amide bonds. The number of ether oxygens (including phenoxy) is 2. The first-order valence-corrected chi connectivity index (χ1v) is 7.75. The number of hydrogen-bond donors (Lipinski definition) is 1. The number of nitrogens with one attached hydrogen (secondary N) is 1. The summed E-state index contributed by atoms with van der Waals surface area (Å²) >= 11 is 0. The number of para-hydroxylation sites is 2. The van der Waals surface area contributed by atoms with Gasteiger partial charge >= 0.3 is 6.18 Å². The van der Waals surface area contributed by atoms with Crippen LogP contribution in [0.2, 0.25) is 0 Å². The van der Waals surface area contributed by atoms with Gasteiger partial charge in [-0.15, -0.1) is 0 Å². The third-order valence-electron chi connectivity index (χ3n) is 3.85. The van der Waals surface area contributed by atoms with Crippen molar-refractivity contribution in [2.24, 2.45) is 0 Å². The molecule has 2 rings (SSSR count). The Morgan fingerprint density at radius 2 is 1.79 bits per heavy atom. The average Bonchev–Trinajstić information content (AvgIpc) is 2.58. The summed E-state index contributed by atoms with van der Waals surface area (Å²) < 4.78 is 46.9. The molecule has 0 bridgehead atoms. The minimum absolute atomic E-state index is 0.0310. The monoisotopic (exact) mass is 346 g/mol. The van der Waals surface area contributed by atoms with Crippen molar-refractivity contribution in [1.29, 1.82) is 0 Å². The largest absolute Gasteiger partial charge is 0.480 e. The summed E-state index contributed by atoms with van der Waals surface area (Å²) in [4.78, 5) is 13.9. The SMILES string of the molecule is CNC1CCN(C(=O)COc2ccccc2OCC(F)(F)F)CC1. The molecule has 1 heterocycles. The van der Waals surface area contributed by atoms with Crippen molar-refractivity contribution >= 4 is 5.91 Å². The second-order valence-corrected chi connectivity index (χ2v) is 5.58. The van der Waals surface area contributed by atoms with E-state index in [1.54, 1.807) is 17.0 Å². The molecule has 1 aliphatic rings. The van der Waals surface area contributed by atoms with Gasteiger partial charge in [0.2, 0.25) is 0 Å². The molecule has 134 valence electrons. The molecule has 1 fully saturated rings. The molecule has 1 aromatic carbocycles. The Morgan fingerprint density at radius 1 is 1.21 bits per heavy atom. The number of amides is 1. The molecule has 1 aromatic rings. The van der Waals surface area contributed by atoms with Crippen molar-refractivity contribution in [3.8, 4) is 11.5 Å². The average molecular weight is 346 g/mol. The zero-order chi connectivity index (χ0) is 17.6. The van der Waals surface area contributed by atoms with Crippen LogP contribution in [0.15, 0.2) is 24.3 Å². The van der Waals surface area contributed by atoms with Gasteiger partial charge in [0, 0.05) is 19.1 Å². The number of alkyl halides is 3. The number of rotatable bonds is 6. The summed E-state index contributed by atoms with van der Waals surface area (Å²) in [6.45, 7) is -0.352. The van der Waals surface area contributed by atoms with Gasteiger partial charge in [0.25, 0.3) is 5.91 Å². The van der Waals surface area contributed by atoms with E-state index in [9.17, 15) is 18.0 Å². The molecule has 0 aromatic heterocycles. The van der Waals surface area contributed by atoms with Crippen molar-refractivity contribution in [2.75, 3.05) is 33.4 Å². The van der Waals surface area contributed by atoms with Gasteiger partial charge in [0.1, 0.15) is 0 Å². The van der Waals surface area contributed by atoms with Crippen LogP contribution in [0.5, 0.6) is 11.5 Å². The maximum Gasteiger partial charge on any atom is 0.422 e. The fraction of sp³-hybridized carbons (Fsp3) is 0.562. The molecule has 5 nitrogen and oxygen atoms in total. The lowest BCUT2D eigenvalue weighted by Crippen LogP contribution is -2.45. The number of benzene rings is 1. The topological polar surface area (TPSA) is 50.8 Å². The Kier molecular flexibility index (Phi) is 6.30. The highest BCUT2D eigenvalue weighted by Gasteiger charge is 2.29. The molecule has 0 atom stereocenters. The van der Waals surface area contributed by atoms with Gasteiger partial charge in [-0.1, -0.05) is 12.1 Å². The summed E-state index contributed by atoms with van der Waals surface area (Å²) in [5.41, 5.74) is 0. The normalized spacial score (nSPS) is 16.1. The maximum absolute atomic E-state index is 12.3. The summed E-state index contributed by atoms with van der Waals surface area (Å²) in [6, 6.07) is 6.42. The van der Waals surface area contributed by atoms with E-state index in [-0.39, 0.29) is 24.0 Å². The van der Waals surface area contributed by atoms with Crippen molar-refractivity contribution in [1.82, 2.24) is 10.2 Å². The Balaban J connectivity index is 1.86. The number of hydrogen-bond acceptors (Lipinski definition) is 4. The lowest BCUT2D eigenvalue weighted by molar-refractivity contribution is -0.153. The van der Waals surface area contributed by atoms with Gasteiger partial charge in [0.15, 0.2) is 24.7 Å². The minimum atomic E-state index is -4.43. The van der Waals surface area contributed by atoms with Crippen LogP contribution in [0.3, 0.4) is 0 Å². The standard InChI is InChI=1S/C16H21F3N2O3/c1-20-12-6-8-21(9-7-12)15(22)10-23-13-4-2-3-5-14(13)24-11-16(17,18)19/h2-5,12,20H,6-11H2,1H3. The van der Waals surface area contributed by atoms with Crippen LogP contribution >= 0.6 is 0 Å². The minimum Gasteiger partial charge on any atom is -0.480 e.